The number of carbonyl (C=O) groups excluding carboxylic acids is 1. The molecule has 0 radical (unpaired) electrons. The van der Waals surface area contributed by atoms with E-state index in [4.69, 9.17) is 10.2 Å². The molecule has 0 saturated heterocycles. The van der Waals surface area contributed by atoms with Crippen LogP contribution in [-0.2, 0) is 4.79 Å². The van der Waals surface area contributed by atoms with E-state index >= 15 is 0 Å². The molecule has 0 aliphatic heterocycles. The Hall–Kier alpha value is -2.14. The molecule has 20 heavy (non-hydrogen) atoms. The van der Waals surface area contributed by atoms with Crippen LogP contribution in [0.25, 0.3) is 0 Å². The molecular weight excluding hydrogens is 254 g/mol. The average molecular weight is 273 g/mol. The highest BCUT2D eigenvalue weighted by Crippen LogP contribution is 2.17. The van der Waals surface area contributed by atoms with Gasteiger partial charge in [-0.1, -0.05) is 30.3 Å². The Morgan fingerprint density at radius 1 is 1.40 bits per heavy atom. The summed E-state index contributed by atoms with van der Waals surface area (Å²) >= 11 is 0. The number of benzene rings is 1. The molecule has 0 bridgehead atoms. The molecule has 106 valence electrons. The van der Waals surface area contributed by atoms with Crippen LogP contribution >= 0.6 is 0 Å². The molecule has 0 spiro atoms. The zero-order valence-corrected chi connectivity index (χ0v) is 11.7. The fourth-order valence-corrected chi connectivity index (χ4v) is 2.03. The van der Waals surface area contributed by atoms with Gasteiger partial charge in [-0.25, -0.2) is 4.98 Å². The maximum Gasteiger partial charge on any atom is 0.229 e. The van der Waals surface area contributed by atoms with E-state index in [2.05, 4.69) is 10.3 Å². The first-order valence-electron chi connectivity index (χ1n) is 6.59. The Labute approximate surface area is 118 Å². The summed E-state index contributed by atoms with van der Waals surface area (Å²) in [6.45, 7) is 3.91. The van der Waals surface area contributed by atoms with Crippen LogP contribution < -0.4 is 11.1 Å². The van der Waals surface area contributed by atoms with Crippen molar-refractivity contribution in [3.8, 4) is 0 Å². The minimum atomic E-state index is -0.366. The number of carbonyl (C=O) groups is 1. The molecule has 2 rings (SSSR count). The number of nitrogens with two attached hydrogens (primary N) is 1. The number of oxazole rings is 1. The molecule has 5 nitrogen and oxygen atoms in total. The van der Waals surface area contributed by atoms with Gasteiger partial charge in [0.25, 0.3) is 0 Å². The Bertz CT molecular complexity index is 566. The molecule has 1 aromatic carbocycles. The SMILES string of the molecule is Cc1cnc(C(C)NC(=O)C(CN)c2ccccc2)o1. The van der Waals surface area contributed by atoms with Gasteiger partial charge in [-0.3, -0.25) is 4.79 Å². The smallest absolute Gasteiger partial charge is 0.229 e. The zero-order chi connectivity index (χ0) is 14.5. The summed E-state index contributed by atoms with van der Waals surface area (Å²) in [5.74, 6) is 0.732. The van der Waals surface area contributed by atoms with Crippen LogP contribution in [0.1, 0.15) is 36.1 Å². The van der Waals surface area contributed by atoms with Gasteiger partial charge in [0, 0.05) is 6.54 Å². The molecule has 1 heterocycles. The van der Waals surface area contributed by atoms with Crippen LogP contribution in [0.15, 0.2) is 40.9 Å². The normalized spacial score (nSPS) is 13.8. The van der Waals surface area contributed by atoms with Gasteiger partial charge in [0.2, 0.25) is 11.8 Å². The molecule has 2 atom stereocenters. The molecule has 0 aliphatic rings. The predicted octanol–water partition coefficient (Wildman–Crippen LogP) is 1.90. The maximum atomic E-state index is 12.3. The number of hydrogen-bond acceptors (Lipinski definition) is 4. The molecule has 1 amide bonds. The van der Waals surface area contributed by atoms with Crippen LogP contribution in [-0.4, -0.2) is 17.4 Å². The fourth-order valence-electron chi connectivity index (χ4n) is 2.03. The monoisotopic (exact) mass is 273 g/mol. The first-order chi connectivity index (χ1) is 9.61. The summed E-state index contributed by atoms with van der Waals surface area (Å²) in [4.78, 5) is 16.4. The summed E-state index contributed by atoms with van der Waals surface area (Å²) in [5, 5.41) is 2.88. The van der Waals surface area contributed by atoms with E-state index in [0.717, 1.165) is 11.3 Å². The second-order valence-electron chi connectivity index (χ2n) is 4.74. The number of aryl methyl sites for hydroxylation is 1. The van der Waals surface area contributed by atoms with Gasteiger partial charge < -0.3 is 15.5 Å². The van der Waals surface area contributed by atoms with Gasteiger partial charge in [0.1, 0.15) is 11.8 Å². The van der Waals surface area contributed by atoms with E-state index in [-0.39, 0.29) is 24.4 Å². The summed E-state index contributed by atoms with van der Waals surface area (Å²) in [5.41, 5.74) is 6.63. The fraction of sp³-hybridized carbons (Fsp3) is 0.333. The van der Waals surface area contributed by atoms with Crippen LogP contribution in [0, 0.1) is 6.92 Å². The third-order valence-electron chi connectivity index (χ3n) is 3.12. The molecule has 3 N–H and O–H groups in total. The van der Waals surface area contributed by atoms with Crippen LogP contribution in [0.3, 0.4) is 0 Å². The highest BCUT2D eigenvalue weighted by molar-refractivity contribution is 5.84. The van der Waals surface area contributed by atoms with Gasteiger partial charge >= 0.3 is 0 Å². The lowest BCUT2D eigenvalue weighted by Gasteiger charge is -2.17. The zero-order valence-electron chi connectivity index (χ0n) is 11.7. The molecule has 5 heteroatoms. The summed E-state index contributed by atoms with van der Waals surface area (Å²) in [6, 6.07) is 9.22. The van der Waals surface area contributed by atoms with E-state index in [1.165, 1.54) is 0 Å². The Morgan fingerprint density at radius 2 is 2.10 bits per heavy atom. The van der Waals surface area contributed by atoms with Crippen molar-refractivity contribution in [1.29, 1.82) is 0 Å². The first-order valence-corrected chi connectivity index (χ1v) is 6.59. The van der Waals surface area contributed by atoms with Gasteiger partial charge in [-0.2, -0.15) is 0 Å². The Balaban J connectivity index is 2.06. The number of nitrogens with one attached hydrogen (secondary N) is 1. The van der Waals surface area contributed by atoms with Crippen molar-refractivity contribution in [3.63, 3.8) is 0 Å². The molecule has 0 aliphatic carbocycles. The second-order valence-corrected chi connectivity index (χ2v) is 4.74. The maximum absolute atomic E-state index is 12.3. The molecular formula is C15H19N3O2. The number of hydrogen-bond donors (Lipinski definition) is 2. The van der Waals surface area contributed by atoms with Crippen molar-refractivity contribution in [1.82, 2.24) is 10.3 Å². The third kappa shape index (κ3) is 3.24. The van der Waals surface area contributed by atoms with E-state index in [9.17, 15) is 4.79 Å². The summed E-state index contributed by atoms with van der Waals surface area (Å²) in [7, 11) is 0. The van der Waals surface area contributed by atoms with Crippen LogP contribution in [0.5, 0.6) is 0 Å². The summed E-state index contributed by atoms with van der Waals surface area (Å²) < 4.78 is 5.41. The highest BCUT2D eigenvalue weighted by Gasteiger charge is 2.22. The van der Waals surface area contributed by atoms with Crippen molar-refractivity contribution in [2.75, 3.05) is 6.54 Å². The lowest BCUT2D eigenvalue weighted by Crippen LogP contribution is -2.35. The second kappa shape index (κ2) is 6.34. The molecule has 0 saturated carbocycles. The number of nitrogens with zero attached hydrogens (tertiary/aromatic N) is 1. The van der Waals surface area contributed by atoms with Crippen molar-refractivity contribution in [2.24, 2.45) is 5.73 Å². The molecule has 1 aromatic heterocycles. The highest BCUT2D eigenvalue weighted by atomic mass is 16.4. The van der Waals surface area contributed by atoms with Gasteiger partial charge in [0.05, 0.1) is 12.1 Å². The minimum absolute atomic E-state index is 0.123. The van der Waals surface area contributed by atoms with Gasteiger partial charge in [-0.05, 0) is 19.4 Å². The van der Waals surface area contributed by atoms with Crippen LogP contribution in [0.4, 0.5) is 0 Å². The van der Waals surface area contributed by atoms with Gasteiger partial charge in [-0.15, -0.1) is 0 Å². The summed E-state index contributed by atoms with van der Waals surface area (Å²) in [6.07, 6.45) is 1.63. The predicted molar refractivity (Wildman–Crippen MR) is 76.0 cm³/mol. The number of amides is 1. The third-order valence-corrected chi connectivity index (χ3v) is 3.12. The topological polar surface area (TPSA) is 81.2 Å². The molecule has 0 fully saturated rings. The van der Waals surface area contributed by atoms with Crippen molar-refractivity contribution in [2.45, 2.75) is 25.8 Å². The van der Waals surface area contributed by atoms with E-state index in [1.807, 2.05) is 44.2 Å². The van der Waals surface area contributed by atoms with E-state index in [1.54, 1.807) is 6.20 Å². The van der Waals surface area contributed by atoms with Gasteiger partial charge in [0.15, 0.2) is 0 Å². The molecule has 2 aromatic rings. The lowest BCUT2D eigenvalue weighted by molar-refractivity contribution is -0.123. The standard InChI is InChI=1S/C15H19N3O2/c1-10-9-17-15(20-10)11(2)18-14(19)13(8-16)12-6-4-3-5-7-12/h3-7,9,11,13H,8,16H2,1-2H3,(H,18,19). The largest absolute Gasteiger partial charge is 0.444 e. The minimum Gasteiger partial charge on any atom is -0.444 e. The van der Waals surface area contributed by atoms with Crippen LogP contribution in [0.2, 0.25) is 0 Å². The quantitative estimate of drug-likeness (QED) is 0.871. The van der Waals surface area contributed by atoms with Crippen molar-refractivity contribution >= 4 is 5.91 Å². The van der Waals surface area contributed by atoms with Crippen molar-refractivity contribution in [3.05, 3.63) is 53.7 Å². The first kappa shape index (κ1) is 14.3. The number of rotatable bonds is 5. The van der Waals surface area contributed by atoms with Crippen molar-refractivity contribution < 1.29 is 9.21 Å². The average Bonchev–Trinajstić information content (AvgIpc) is 2.87. The molecule has 2 unspecified atom stereocenters. The number of aromatic nitrogens is 1. The lowest BCUT2D eigenvalue weighted by atomic mass is 9.98. The Kier molecular flexibility index (Phi) is 4.53. The van der Waals surface area contributed by atoms with E-state index < -0.39 is 0 Å². The van der Waals surface area contributed by atoms with E-state index in [0.29, 0.717) is 5.89 Å². The Morgan fingerprint density at radius 3 is 2.65 bits per heavy atom.